The molecular weight excluding hydrogens is 482 g/mol. The fraction of sp³-hybridized carbons (Fsp3) is 0.240. The molecule has 0 unspecified atom stereocenters. The van der Waals surface area contributed by atoms with E-state index in [4.69, 9.17) is 14.2 Å². The van der Waals surface area contributed by atoms with Crippen molar-refractivity contribution in [3.05, 3.63) is 96.1 Å². The van der Waals surface area contributed by atoms with Crippen LogP contribution in [0.2, 0.25) is 0 Å². The number of carbonyl (C=O) groups is 1. The van der Waals surface area contributed by atoms with Gasteiger partial charge in [0.1, 0.15) is 6.10 Å². The van der Waals surface area contributed by atoms with Crippen LogP contribution in [-0.2, 0) is 20.8 Å². The Labute approximate surface area is 193 Å². The van der Waals surface area contributed by atoms with Crippen molar-refractivity contribution in [1.29, 1.82) is 0 Å². The molecule has 0 amide bonds. The zero-order valence-electron chi connectivity index (χ0n) is 17.0. The van der Waals surface area contributed by atoms with Gasteiger partial charge in [0, 0.05) is 0 Å². The number of alkyl halides is 3. The fourth-order valence-electron chi connectivity index (χ4n) is 3.45. The first-order valence-corrected chi connectivity index (χ1v) is 11.0. The van der Waals surface area contributed by atoms with Gasteiger partial charge < -0.3 is 14.2 Å². The van der Waals surface area contributed by atoms with Crippen molar-refractivity contribution in [2.75, 3.05) is 6.61 Å². The van der Waals surface area contributed by atoms with Crippen molar-refractivity contribution in [1.82, 2.24) is 0 Å². The van der Waals surface area contributed by atoms with Gasteiger partial charge >= 0.3 is 11.9 Å². The lowest BCUT2D eigenvalue weighted by molar-refractivity contribution is -0.100. The number of rotatable bonds is 7. The Bertz CT molecular complexity index is 1030. The first-order valence-electron chi connectivity index (χ1n) is 10.1. The minimum absolute atomic E-state index is 0.141. The predicted molar refractivity (Wildman–Crippen MR) is 120 cm³/mol. The summed E-state index contributed by atoms with van der Waals surface area (Å²) in [4.78, 5) is 12.6. The fourth-order valence-corrected chi connectivity index (χ4v) is 3.99. The largest absolute Gasteiger partial charge is 0.449 e. The Morgan fingerprint density at radius 3 is 2.16 bits per heavy atom. The molecule has 0 bridgehead atoms. The average Bonchev–Trinajstić information content (AvgIpc) is 3.03. The van der Waals surface area contributed by atoms with Crippen LogP contribution in [0.4, 0.5) is 8.78 Å². The van der Waals surface area contributed by atoms with Gasteiger partial charge in [-0.2, -0.15) is 8.78 Å². The Morgan fingerprint density at radius 1 is 0.906 bits per heavy atom. The molecule has 0 spiro atoms. The van der Waals surface area contributed by atoms with Crippen LogP contribution in [0.15, 0.2) is 84.9 Å². The van der Waals surface area contributed by atoms with E-state index < -0.39 is 29.1 Å². The molecule has 0 saturated carbocycles. The van der Waals surface area contributed by atoms with E-state index >= 15 is 0 Å². The second kappa shape index (κ2) is 9.90. The third-order valence-corrected chi connectivity index (χ3v) is 6.00. The minimum Gasteiger partial charge on any atom is -0.449 e. The van der Waals surface area contributed by atoms with E-state index in [9.17, 15) is 13.6 Å². The van der Waals surface area contributed by atoms with Crippen LogP contribution in [0, 0.1) is 0 Å². The predicted octanol–water partition coefficient (Wildman–Crippen LogP) is 5.85. The second-order valence-corrected chi connectivity index (χ2v) is 8.27. The molecule has 32 heavy (non-hydrogen) atoms. The van der Waals surface area contributed by atoms with Gasteiger partial charge in [0.2, 0.25) is 0 Å². The molecule has 0 N–H and O–H groups in total. The van der Waals surface area contributed by atoms with Gasteiger partial charge in [0.05, 0.1) is 18.8 Å². The van der Waals surface area contributed by atoms with Crippen LogP contribution in [-0.4, -0.2) is 35.7 Å². The third-order valence-electron chi connectivity index (χ3n) is 5.17. The summed E-state index contributed by atoms with van der Waals surface area (Å²) < 4.78 is 45.4. The van der Waals surface area contributed by atoms with Gasteiger partial charge in [-0.25, -0.2) is 4.79 Å². The number of ether oxygens (including phenoxy) is 3. The summed E-state index contributed by atoms with van der Waals surface area (Å²) in [6, 6.07) is 25.6. The quantitative estimate of drug-likeness (QED) is 0.300. The van der Waals surface area contributed by atoms with Crippen molar-refractivity contribution in [2.24, 2.45) is 0 Å². The van der Waals surface area contributed by atoms with E-state index in [1.54, 1.807) is 24.3 Å². The summed E-state index contributed by atoms with van der Waals surface area (Å²) >= 11 is 2.84. The Kier molecular flexibility index (Phi) is 6.98. The Balaban J connectivity index is 1.42. The average molecular weight is 503 g/mol. The highest BCUT2D eigenvalue weighted by Crippen LogP contribution is 2.41. The number of carbonyl (C=O) groups excluding carboxylic acids is 1. The molecule has 0 aliphatic carbocycles. The van der Waals surface area contributed by atoms with Crippen molar-refractivity contribution >= 4 is 21.9 Å². The minimum atomic E-state index is -3.40. The first kappa shape index (κ1) is 22.6. The molecule has 1 saturated heterocycles. The summed E-state index contributed by atoms with van der Waals surface area (Å²) in [6.07, 6.45) is -2.88. The van der Waals surface area contributed by atoms with Crippen molar-refractivity contribution in [2.45, 2.75) is 29.8 Å². The highest BCUT2D eigenvalue weighted by Gasteiger charge is 2.60. The lowest BCUT2D eigenvalue weighted by Gasteiger charge is -2.23. The summed E-state index contributed by atoms with van der Waals surface area (Å²) in [5.41, 5.74) is 2.98. The van der Waals surface area contributed by atoms with Crippen LogP contribution in [0.5, 0.6) is 0 Å². The highest BCUT2D eigenvalue weighted by atomic mass is 79.9. The summed E-state index contributed by atoms with van der Waals surface area (Å²) in [7, 11) is 0. The molecule has 1 aliphatic rings. The number of halogens is 3. The Morgan fingerprint density at radius 2 is 1.50 bits per heavy atom. The number of hydrogen-bond acceptors (Lipinski definition) is 4. The monoisotopic (exact) mass is 502 g/mol. The van der Waals surface area contributed by atoms with Gasteiger partial charge in [-0.3, -0.25) is 0 Å². The lowest BCUT2D eigenvalue weighted by atomic mass is 10.0. The van der Waals surface area contributed by atoms with Gasteiger partial charge in [-0.05, 0) is 28.8 Å². The lowest BCUT2D eigenvalue weighted by Crippen LogP contribution is -2.43. The van der Waals surface area contributed by atoms with Crippen LogP contribution in [0.3, 0.4) is 0 Å². The van der Waals surface area contributed by atoms with Gasteiger partial charge in [0.15, 0.2) is 11.1 Å². The van der Waals surface area contributed by atoms with E-state index in [2.05, 4.69) is 15.9 Å². The summed E-state index contributed by atoms with van der Waals surface area (Å²) in [5, 5.41) is -1.57. The first-order chi connectivity index (χ1) is 15.4. The maximum atomic E-state index is 14.7. The number of benzene rings is 3. The molecule has 3 atom stereocenters. The second-order valence-electron chi connectivity index (χ2n) is 7.44. The van der Waals surface area contributed by atoms with Crippen LogP contribution >= 0.6 is 15.9 Å². The number of hydrogen-bond donors (Lipinski definition) is 0. The van der Waals surface area contributed by atoms with Crippen molar-refractivity contribution in [3.8, 4) is 11.1 Å². The maximum Gasteiger partial charge on any atom is 0.338 e. The van der Waals surface area contributed by atoms with Crippen molar-refractivity contribution in [3.63, 3.8) is 0 Å². The summed E-state index contributed by atoms with van der Waals surface area (Å²) in [5.74, 6) is -4.24. The van der Waals surface area contributed by atoms with E-state index in [0.29, 0.717) is 0 Å². The van der Waals surface area contributed by atoms with E-state index in [-0.39, 0.29) is 18.8 Å². The van der Waals surface area contributed by atoms with Crippen LogP contribution in [0.1, 0.15) is 15.9 Å². The summed E-state index contributed by atoms with van der Waals surface area (Å²) in [6.45, 7) is 0.0955. The molecule has 1 fully saturated rings. The van der Waals surface area contributed by atoms with Gasteiger partial charge in [-0.1, -0.05) is 88.7 Å². The smallest absolute Gasteiger partial charge is 0.338 e. The standard InChI is InChI=1S/C25H21BrF2O4/c26-24-25(27,28)22(21(31-24)16-30-15-17-7-3-1-4-8-17)32-23(29)20-13-11-19(12-14-20)18-9-5-2-6-10-18/h1-14,21-22,24H,15-16H2/t21-,22-,24+/m1/s1. The van der Waals surface area contributed by atoms with Crippen LogP contribution in [0.25, 0.3) is 11.1 Å². The molecule has 1 aliphatic heterocycles. The molecule has 7 heteroatoms. The van der Waals surface area contributed by atoms with E-state index in [0.717, 1.165) is 16.7 Å². The van der Waals surface area contributed by atoms with Gasteiger partial charge in [-0.15, -0.1) is 0 Å². The van der Waals surface area contributed by atoms with Crippen molar-refractivity contribution < 1.29 is 27.8 Å². The number of esters is 1. The third kappa shape index (κ3) is 5.06. The zero-order valence-corrected chi connectivity index (χ0v) is 18.6. The molecule has 3 aromatic carbocycles. The molecule has 4 rings (SSSR count). The van der Waals surface area contributed by atoms with E-state index in [1.807, 2.05) is 60.7 Å². The highest BCUT2D eigenvalue weighted by molar-refractivity contribution is 9.09. The zero-order chi connectivity index (χ0) is 22.6. The molecule has 0 aromatic heterocycles. The normalized spacial score (nSPS) is 21.9. The topological polar surface area (TPSA) is 44.8 Å². The van der Waals surface area contributed by atoms with Crippen LogP contribution < -0.4 is 0 Å². The molecule has 1 heterocycles. The SMILES string of the molecule is O=C(O[C@@H]1[C@@H](COCc2ccccc2)O[C@H](Br)C1(F)F)c1ccc(-c2ccccc2)cc1. The molecule has 4 nitrogen and oxygen atoms in total. The molecule has 0 radical (unpaired) electrons. The maximum absolute atomic E-state index is 14.7. The molecule has 166 valence electrons. The molecule has 3 aromatic rings. The molecular formula is C25H21BrF2O4. The van der Waals surface area contributed by atoms with E-state index in [1.165, 1.54) is 0 Å². The van der Waals surface area contributed by atoms with Gasteiger partial charge in [0.25, 0.3) is 0 Å². The Hall–Kier alpha value is -2.61.